The summed E-state index contributed by atoms with van der Waals surface area (Å²) in [5.74, 6) is 0. The van der Waals surface area contributed by atoms with Crippen molar-refractivity contribution >= 4 is 22.9 Å². The molecule has 0 aliphatic carbocycles. The summed E-state index contributed by atoms with van der Waals surface area (Å²) < 4.78 is 1.65. The first kappa shape index (κ1) is 10.1. The van der Waals surface area contributed by atoms with Gasteiger partial charge in [-0.2, -0.15) is 5.10 Å². The van der Waals surface area contributed by atoms with Gasteiger partial charge >= 0.3 is 0 Å². The van der Waals surface area contributed by atoms with Gasteiger partial charge in [0.1, 0.15) is 0 Å². The highest BCUT2D eigenvalue weighted by Crippen LogP contribution is 2.25. The van der Waals surface area contributed by atoms with Crippen LogP contribution in [0.25, 0.3) is 16.8 Å². The second kappa shape index (κ2) is 3.75. The minimum absolute atomic E-state index is 0.555. The number of halogens is 1. The van der Waals surface area contributed by atoms with Gasteiger partial charge < -0.3 is 5.73 Å². The number of fused-ring (bicyclic) bond motifs is 1. The Morgan fingerprint density at radius 3 is 2.94 bits per heavy atom. The number of anilines is 1. The Kier molecular flexibility index (Phi) is 2.23. The van der Waals surface area contributed by atoms with Crippen LogP contribution in [0.2, 0.25) is 5.02 Å². The normalized spacial score (nSPS) is 10.9. The molecule has 0 amide bonds. The molecule has 0 saturated carbocycles. The zero-order valence-corrected chi connectivity index (χ0v) is 9.59. The number of aromatic nitrogens is 3. The largest absolute Gasteiger partial charge is 0.399 e. The number of nitrogens with zero attached hydrogens (tertiary/aromatic N) is 3. The van der Waals surface area contributed by atoms with Crippen LogP contribution < -0.4 is 5.73 Å². The number of nitrogens with two attached hydrogens (primary N) is 1. The lowest BCUT2D eigenvalue weighted by atomic mass is 10.1. The third-order valence-electron chi connectivity index (χ3n) is 2.52. The fourth-order valence-electron chi connectivity index (χ4n) is 1.76. The smallest absolute Gasteiger partial charge is 0.162 e. The summed E-state index contributed by atoms with van der Waals surface area (Å²) in [4.78, 5) is 4.27. The molecular formula is C12H9ClN4. The Balaban J connectivity index is 2.24. The van der Waals surface area contributed by atoms with Gasteiger partial charge in [0.05, 0.1) is 17.4 Å². The maximum atomic E-state index is 5.86. The van der Waals surface area contributed by atoms with Crippen molar-refractivity contribution in [1.82, 2.24) is 14.6 Å². The molecule has 3 rings (SSSR count). The Hall–Kier alpha value is -2.07. The van der Waals surface area contributed by atoms with Crippen LogP contribution in [0.1, 0.15) is 0 Å². The van der Waals surface area contributed by atoms with E-state index in [0.29, 0.717) is 5.02 Å². The third-order valence-corrected chi connectivity index (χ3v) is 2.72. The number of hydrogen-bond donors (Lipinski definition) is 1. The molecule has 0 atom stereocenters. The van der Waals surface area contributed by atoms with Crippen molar-refractivity contribution in [1.29, 1.82) is 0 Å². The van der Waals surface area contributed by atoms with Crippen LogP contribution in [-0.2, 0) is 0 Å². The summed E-state index contributed by atoms with van der Waals surface area (Å²) in [6, 6.07) is 7.63. The molecule has 0 bridgehead atoms. The molecule has 0 unspecified atom stereocenters. The Morgan fingerprint density at radius 1 is 1.24 bits per heavy atom. The molecular weight excluding hydrogens is 236 g/mol. The second-order valence-corrected chi connectivity index (χ2v) is 4.16. The molecule has 0 spiro atoms. The zero-order chi connectivity index (χ0) is 11.8. The fraction of sp³-hybridized carbons (Fsp3) is 0. The molecule has 5 heteroatoms. The molecule has 17 heavy (non-hydrogen) atoms. The van der Waals surface area contributed by atoms with Gasteiger partial charge in [0, 0.05) is 17.4 Å². The highest BCUT2D eigenvalue weighted by Gasteiger charge is 2.08. The zero-order valence-electron chi connectivity index (χ0n) is 8.84. The van der Waals surface area contributed by atoms with E-state index in [1.54, 1.807) is 23.1 Å². The predicted octanol–water partition coefficient (Wildman–Crippen LogP) is 2.63. The number of rotatable bonds is 1. The van der Waals surface area contributed by atoms with E-state index in [9.17, 15) is 0 Å². The first-order chi connectivity index (χ1) is 8.24. The van der Waals surface area contributed by atoms with Gasteiger partial charge in [0.2, 0.25) is 0 Å². The molecule has 0 fully saturated rings. The van der Waals surface area contributed by atoms with Crippen LogP contribution in [0, 0.1) is 0 Å². The van der Waals surface area contributed by atoms with Crippen molar-refractivity contribution in [3.63, 3.8) is 0 Å². The predicted molar refractivity (Wildman–Crippen MR) is 67.8 cm³/mol. The van der Waals surface area contributed by atoms with Gasteiger partial charge in [0.15, 0.2) is 5.65 Å². The lowest BCUT2D eigenvalue weighted by Gasteiger charge is -2.00. The van der Waals surface area contributed by atoms with Crippen molar-refractivity contribution in [2.24, 2.45) is 0 Å². The Morgan fingerprint density at radius 2 is 2.12 bits per heavy atom. The van der Waals surface area contributed by atoms with Gasteiger partial charge in [0.25, 0.3) is 0 Å². The van der Waals surface area contributed by atoms with Crippen LogP contribution in [0.4, 0.5) is 5.69 Å². The lowest BCUT2D eigenvalue weighted by Crippen LogP contribution is -1.89. The van der Waals surface area contributed by atoms with E-state index in [1.165, 1.54) is 0 Å². The second-order valence-electron chi connectivity index (χ2n) is 3.72. The minimum Gasteiger partial charge on any atom is -0.399 e. The van der Waals surface area contributed by atoms with E-state index in [0.717, 1.165) is 22.5 Å². The highest BCUT2D eigenvalue weighted by molar-refractivity contribution is 6.30. The summed E-state index contributed by atoms with van der Waals surface area (Å²) in [5.41, 5.74) is 9.18. The monoisotopic (exact) mass is 244 g/mol. The van der Waals surface area contributed by atoms with Crippen molar-refractivity contribution < 1.29 is 0 Å². The molecule has 0 saturated heterocycles. The van der Waals surface area contributed by atoms with Crippen LogP contribution in [0.15, 0.2) is 42.9 Å². The number of benzene rings is 1. The standard InChI is InChI=1S/C12H9ClN4/c13-9-5-15-12-11(6-16-17(12)7-9)8-2-1-3-10(14)4-8/h1-7H,14H2. The molecule has 0 aliphatic heterocycles. The van der Waals surface area contributed by atoms with Crippen LogP contribution in [0.5, 0.6) is 0 Å². The number of hydrogen-bond acceptors (Lipinski definition) is 3. The van der Waals surface area contributed by atoms with E-state index >= 15 is 0 Å². The lowest BCUT2D eigenvalue weighted by molar-refractivity contribution is 0.939. The van der Waals surface area contributed by atoms with Gasteiger partial charge in [-0.25, -0.2) is 9.50 Å². The fourth-order valence-corrected chi connectivity index (χ4v) is 1.90. The molecule has 3 aromatic rings. The Labute approximate surface area is 103 Å². The molecule has 1 aromatic carbocycles. The first-order valence-electron chi connectivity index (χ1n) is 5.09. The van der Waals surface area contributed by atoms with E-state index in [4.69, 9.17) is 17.3 Å². The average Bonchev–Trinajstić information content (AvgIpc) is 2.71. The van der Waals surface area contributed by atoms with Crippen LogP contribution >= 0.6 is 11.6 Å². The molecule has 0 radical (unpaired) electrons. The molecule has 2 aromatic heterocycles. The van der Waals surface area contributed by atoms with Gasteiger partial charge in [-0.15, -0.1) is 0 Å². The maximum Gasteiger partial charge on any atom is 0.162 e. The maximum absolute atomic E-state index is 5.86. The summed E-state index contributed by atoms with van der Waals surface area (Å²) >= 11 is 5.86. The summed E-state index contributed by atoms with van der Waals surface area (Å²) in [6.45, 7) is 0. The van der Waals surface area contributed by atoms with Crippen molar-refractivity contribution in [2.75, 3.05) is 5.73 Å². The van der Waals surface area contributed by atoms with Crippen molar-refractivity contribution in [3.05, 3.63) is 47.9 Å². The topological polar surface area (TPSA) is 56.2 Å². The average molecular weight is 245 g/mol. The summed E-state index contributed by atoms with van der Waals surface area (Å²) in [7, 11) is 0. The van der Waals surface area contributed by atoms with E-state index in [1.807, 2.05) is 24.3 Å². The molecule has 2 N–H and O–H groups in total. The number of nitrogen functional groups attached to an aromatic ring is 1. The molecule has 0 aliphatic rings. The molecule has 84 valence electrons. The van der Waals surface area contributed by atoms with Crippen molar-refractivity contribution in [3.8, 4) is 11.1 Å². The third kappa shape index (κ3) is 1.72. The van der Waals surface area contributed by atoms with Crippen LogP contribution in [-0.4, -0.2) is 14.6 Å². The minimum atomic E-state index is 0.555. The van der Waals surface area contributed by atoms with Crippen LogP contribution in [0.3, 0.4) is 0 Å². The van der Waals surface area contributed by atoms with E-state index in [2.05, 4.69) is 10.1 Å². The highest BCUT2D eigenvalue weighted by atomic mass is 35.5. The first-order valence-corrected chi connectivity index (χ1v) is 5.46. The quantitative estimate of drug-likeness (QED) is 0.670. The SMILES string of the molecule is Nc1cccc(-c2cnn3cc(Cl)cnc23)c1. The summed E-state index contributed by atoms with van der Waals surface area (Å²) in [5, 5.41) is 4.77. The molecule has 2 heterocycles. The van der Waals surface area contributed by atoms with E-state index in [-0.39, 0.29) is 0 Å². The van der Waals surface area contributed by atoms with E-state index < -0.39 is 0 Å². The van der Waals surface area contributed by atoms with Gasteiger partial charge in [-0.3, -0.25) is 0 Å². The summed E-state index contributed by atoms with van der Waals surface area (Å²) in [6.07, 6.45) is 5.08. The van der Waals surface area contributed by atoms with Crippen molar-refractivity contribution in [2.45, 2.75) is 0 Å². The van der Waals surface area contributed by atoms with Gasteiger partial charge in [-0.1, -0.05) is 23.7 Å². The molecule has 4 nitrogen and oxygen atoms in total. The van der Waals surface area contributed by atoms with Gasteiger partial charge in [-0.05, 0) is 17.7 Å². The Bertz CT molecular complexity index is 690.